The van der Waals surface area contributed by atoms with Crippen molar-refractivity contribution in [2.24, 2.45) is 0 Å². The molecule has 0 spiro atoms. The van der Waals surface area contributed by atoms with Crippen LogP contribution >= 0.6 is 11.8 Å². The number of thioether (sulfide) groups is 1. The number of carbonyl (C=O) groups is 1. The van der Waals surface area contributed by atoms with E-state index in [0.717, 1.165) is 5.56 Å². The zero-order valence-electron chi connectivity index (χ0n) is 16.2. The van der Waals surface area contributed by atoms with Crippen LogP contribution in [-0.2, 0) is 16.1 Å². The minimum absolute atomic E-state index is 0.148. The summed E-state index contributed by atoms with van der Waals surface area (Å²) in [5, 5.41) is 23.6. The third-order valence-electron chi connectivity index (χ3n) is 5.07. The molecule has 1 aromatic heterocycles. The molecule has 3 atom stereocenters. The molecule has 1 unspecified atom stereocenters. The Balaban J connectivity index is 1.68. The summed E-state index contributed by atoms with van der Waals surface area (Å²) in [7, 11) is 4.68. The van der Waals surface area contributed by atoms with Crippen molar-refractivity contribution in [2.45, 2.75) is 24.1 Å². The Labute approximate surface area is 171 Å². The van der Waals surface area contributed by atoms with Gasteiger partial charge in [-0.05, 0) is 33.5 Å². The molecular weight excluding hydrogens is 398 g/mol. The number of hydrogen-bond donors (Lipinski definition) is 1. The molecule has 1 fully saturated rings. The fraction of sp³-hybridized carbons (Fsp3) is 0.444. The SMILES string of the molecule is COc1ccc(Cn2nnnc2C2C(CO)=CS[C@H]3[C@@H](OC)C(=O)N23)c(OC)c1. The molecule has 11 heteroatoms. The largest absolute Gasteiger partial charge is 0.497 e. The van der Waals surface area contributed by atoms with Gasteiger partial charge in [-0.2, -0.15) is 0 Å². The minimum atomic E-state index is -0.551. The van der Waals surface area contributed by atoms with Crippen LogP contribution in [0.4, 0.5) is 0 Å². The monoisotopic (exact) mass is 419 g/mol. The summed E-state index contributed by atoms with van der Waals surface area (Å²) < 4.78 is 17.6. The van der Waals surface area contributed by atoms with E-state index in [2.05, 4.69) is 15.5 Å². The van der Waals surface area contributed by atoms with Gasteiger partial charge >= 0.3 is 0 Å². The molecule has 1 saturated heterocycles. The van der Waals surface area contributed by atoms with Gasteiger partial charge in [-0.25, -0.2) is 4.68 Å². The molecule has 2 aliphatic rings. The van der Waals surface area contributed by atoms with Crippen molar-refractivity contribution in [3.8, 4) is 11.5 Å². The second-order valence-electron chi connectivity index (χ2n) is 6.55. The lowest BCUT2D eigenvalue weighted by Crippen LogP contribution is -2.66. The summed E-state index contributed by atoms with van der Waals surface area (Å²) in [5.74, 6) is 1.64. The molecule has 29 heavy (non-hydrogen) atoms. The number of aliphatic hydroxyl groups excluding tert-OH is 1. The van der Waals surface area contributed by atoms with Crippen LogP contribution in [0.2, 0.25) is 0 Å². The smallest absolute Gasteiger partial charge is 0.256 e. The summed E-state index contributed by atoms with van der Waals surface area (Å²) in [6.07, 6.45) is -0.509. The average molecular weight is 419 g/mol. The van der Waals surface area contributed by atoms with E-state index in [-0.39, 0.29) is 17.9 Å². The van der Waals surface area contributed by atoms with Crippen LogP contribution < -0.4 is 9.47 Å². The highest BCUT2D eigenvalue weighted by Crippen LogP contribution is 2.46. The molecule has 154 valence electrons. The fourth-order valence-corrected chi connectivity index (χ4v) is 4.81. The minimum Gasteiger partial charge on any atom is -0.497 e. The van der Waals surface area contributed by atoms with Crippen molar-refractivity contribution >= 4 is 17.7 Å². The molecule has 1 aromatic carbocycles. The lowest BCUT2D eigenvalue weighted by Gasteiger charge is -2.51. The number of benzene rings is 1. The number of hydrogen-bond acceptors (Lipinski definition) is 9. The van der Waals surface area contributed by atoms with E-state index in [9.17, 15) is 9.90 Å². The lowest BCUT2D eigenvalue weighted by molar-refractivity contribution is -0.166. The molecule has 10 nitrogen and oxygen atoms in total. The molecule has 0 radical (unpaired) electrons. The van der Waals surface area contributed by atoms with E-state index < -0.39 is 12.1 Å². The van der Waals surface area contributed by atoms with Crippen molar-refractivity contribution in [1.82, 2.24) is 25.1 Å². The van der Waals surface area contributed by atoms with Gasteiger partial charge in [0.1, 0.15) is 22.9 Å². The first-order valence-electron chi connectivity index (χ1n) is 8.90. The first-order valence-corrected chi connectivity index (χ1v) is 9.84. The summed E-state index contributed by atoms with van der Waals surface area (Å²) in [5.41, 5.74) is 1.51. The number of aliphatic hydroxyl groups is 1. The van der Waals surface area contributed by atoms with Gasteiger partial charge in [-0.3, -0.25) is 4.79 Å². The Morgan fingerprint density at radius 3 is 2.76 bits per heavy atom. The first kappa shape index (κ1) is 19.7. The van der Waals surface area contributed by atoms with Gasteiger partial charge < -0.3 is 24.2 Å². The Bertz CT molecular complexity index is 948. The lowest BCUT2D eigenvalue weighted by atomic mass is 9.99. The predicted octanol–water partition coefficient (Wildman–Crippen LogP) is 0.586. The number of methoxy groups -OCH3 is 3. The van der Waals surface area contributed by atoms with Crippen molar-refractivity contribution in [3.63, 3.8) is 0 Å². The second kappa shape index (κ2) is 8.01. The number of ether oxygens (including phenoxy) is 3. The normalized spacial score (nSPS) is 23.3. The van der Waals surface area contributed by atoms with Crippen LogP contribution in [0.25, 0.3) is 0 Å². The molecule has 2 aliphatic heterocycles. The zero-order chi connectivity index (χ0) is 20.5. The van der Waals surface area contributed by atoms with Gasteiger partial charge in [-0.15, -0.1) is 16.9 Å². The number of fused-ring (bicyclic) bond motifs is 1. The highest BCUT2D eigenvalue weighted by atomic mass is 32.2. The third kappa shape index (κ3) is 3.24. The van der Waals surface area contributed by atoms with E-state index in [0.29, 0.717) is 29.4 Å². The van der Waals surface area contributed by atoms with Gasteiger partial charge in [0.15, 0.2) is 11.9 Å². The molecule has 0 saturated carbocycles. The van der Waals surface area contributed by atoms with E-state index >= 15 is 0 Å². The number of β-lactam (4-membered cyclic amide) rings is 1. The number of rotatable bonds is 7. The molecule has 1 amide bonds. The Kier molecular flexibility index (Phi) is 5.43. The standard InChI is InChI=1S/C18H21N5O5S/c1-26-12-5-4-10(13(6-12)27-2)7-22-16(19-20-21-22)14-11(8-24)9-29-18-15(28-3)17(25)23(14)18/h4-6,9,14-15,18,24H,7-8H2,1-3H3/t14?,15-,18-/m0/s1. The summed E-state index contributed by atoms with van der Waals surface area (Å²) >= 11 is 1.45. The maximum absolute atomic E-state index is 12.6. The second-order valence-corrected chi connectivity index (χ2v) is 7.55. The van der Waals surface area contributed by atoms with Crippen LogP contribution in [0.5, 0.6) is 11.5 Å². The number of nitrogens with zero attached hydrogens (tertiary/aromatic N) is 5. The average Bonchev–Trinajstić information content (AvgIpc) is 3.21. The van der Waals surface area contributed by atoms with Crippen molar-refractivity contribution in [2.75, 3.05) is 27.9 Å². The van der Waals surface area contributed by atoms with E-state index in [1.165, 1.54) is 18.9 Å². The van der Waals surface area contributed by atoms with Crippen molar-refractivity contribution < 1.29 is 24.1 Å². The highest BCUT2D eigenvalue weighted by Gasteiger charge is 2.55. The van der Waals surface area contributed by atoms with Gasteiger partial charge in [0.05, 0.1) is 27.4 Å². The van der Waals surface area contributed by atoms with Gasteiger partial charge in [0.25, 0.3) is 5.91 Å². The topological polar surface area (TPSA) is 112 Å². The Morgan fingerprint density at radius 1 is 1.24 bits per heavy atom. The van der Waals surface area contributed by atoms with Crippen molar-refractivity contribution in [1.29, 1.82) is 0 Å². The molecule has 1 N–H and O–H groups in total. The number of amides is 1. The molecule has 2 aromatic rings. The first-order chi connectivity index (χ1) is 14.1. The van der Waals surface area contributed by atoms with Gasteiger partial charge in [-0.1, -0.05) is 0 Å². The predicted molar refractivity (Wildman–Crippen MR) is 103 cm³/mol. The highest BCUT2D eigenvalue weighted by molar-refractivity contribution is 8.02. The number of carbonyl (C=O) groups excluding carboxylic acids is 1. The summed E-state index contributed by atoms with van der Waals surface area (Å²) in [4.78, 5) is 14.3. The molecule has 0 aliphatic carbocycles. The Morgan fingerprint density at radius 2 is 2.07 bits per heavy atom. The van der Waals surface area contributed by atoms with E-state index in [1.807, 2.05) is 17.5 Å². The fourth-order valence-electron chi connectivity index (χ4n) is 3.56. The van der Waals surface area contributed by atoms with Crippen LogP contribution in [0, 0.1) is 0 Å². The molecule has 0 bridgehead atoms. The van der Waals surface area contributed by atoms with Crippen LogP contribution in [0.3, 0.4) is 0 Å². The van der Waals surface area contributed by atoms with Crippen LogP contribution in [0.1, 0.15) is 17.4 Å². The van der Waals surface area contributed by atoms with Crippen molar-refractivity contribution in [3.05, 3.63) is 40.6 Å². The van der Waals surface area contributed by atoms with Crippen LogP contribution in [0.15, 0.2) is 29.2 Å². The van der Waals surface area contributed by atoms with Gasteiger partial charge in [0, 0.05) is 18.7 Å². The molecule has 3 heterocycles. The van der Waals surface area contributed by atoms with E-state index in [1.54, 1.807) is 29.9 Å². The van der Waals surface area contributed by atoms with E-state index in [4.69, 9.17) is 14.2 Å². The molecule has 4 rings (SSSR count). The molecular formula is C18H21N5O5S. The number of tetrazole rings is 1. The third-order valence-corrected chi connectivity index (χ3v) is 6.27. The summed E-state index contributed by atoms with van der Waals surface area (Å²) in [6.45, 7) is 0.128. The zero-order valence-corrected chi connectivity index (χ0v) is 17.0. The Hall–Kier alpha value is -2.63. The van der Waals surface area contributed by atoms with Crippen LogP contribution in [-0.4, -0.2) is 75.5 Å². The summed E-state index contributed by atoms with van der Waals surface area (Å²) in [6, 6.07) is 4.94. The maximum atomic E-state index is 12.6. The maximum Gasteiger partial charge on any atom is 0.256 e. The van der Waals surface area contributed by atoms with Gasteiger partial charge in [0.2, 0.25) is 0 Å². The quantitative estimate of drug-likeness (QED) is 0.644. The number of aromatic nitrogens is 4.